The first-order valence-electron chi connectivity index (χ1n) is 8.18. The monoisotopic (exact) mass is 339 g/mol. The lowest BCUT2D eigenvalue weighted by atomic mass is 10.00. The minimum atomic E-state index is -0.297. The number of esters is 1. The minimum absolute atomic E-state index is 0.00423. The number of hydrogen-bond acceptors (Lipinski definition) is 6. The molecule has 0 spiro atoms. The Bertz CT molecular complexity index is 544. The number of carbonyl (C=O) groups is 2. The summed E-state index contributed by atoms with van der Waals surface area (Å²) in [7, 11) is 0. The molecular weight excluding hydrogens is 314 g/mol. The fourth-order valence-corrected chi connectivity index (χ4v) is 3.56. The zero-order valence-electron chi connectivity index (χ0n) is 14.0. The van der Waals surface area contributed by atoms with E-state index in [-0.39, 0.29) is 24.3 Å². The van der Waals surface area contributed by atoms with E-state index in [9.17, 15) is 9.59 Å². The molecule has 2 heterocycles. The maximum Gasteiger partial charge on any atom is 0.311 e. The first-order chi connectivity index (χ1) is 11.0. The second kappa shape index (κ2) is 8.40. The van der Waals surface area contributed by atoms with Crippen LogP contribution in [0.5, 0.6) is 0 Å². The van der Waals surface area contributed by atoms with Gasteiger partial charge >= 0.3 is 5.97 Å². The van der Waals surface area contributed by atoms with Crippen LogP contribution in [0.15, 0.2) is 5.38 Å². The molecule has 1 aromatic rings. The molecule has 2 rings (SSSR count). The first-order valence-corrected chi connectivity index (χ1v) is 9.05. The third-order valence-electron chi connectivity index (χ3n) is 3.92. The molecule has 1 unspecified atom stereocenters. The van der Waals surface area contributed by atoms with Crippen molar-refractivity contribution in [3.8, 4) is 0 Å². The van der Waals surface area contributed by atoms with Crippen LogP contribution in [0.25, 0.3) is 0 Å². The van der Waals surface area contributed by atoms with Gasteiger partial charge < -0.3 is 10.1 Å². The minimum Gasteiger partial charge on any atom is -0.466 e. The number of piperidine rings is 1. The van der Waals surface area contributed by atoms with Gasteiger partial charge in [-0.15, -0.1) is 11.3 Å². The van der Waals surface area contributed by atoms with Crippen LogP contribution in [-0.4, -0.2) is 47.0 Å². The molecule has 1 amide bonds. The van der Waals surface area contributed by atoms with Gasteiger partial charge in [0, 0.05) is 11.4 Å². The summed E-state index contributed by atoms with van der Waals surface area (Å²) in [5.74, 6) is -0.302. The highest BCUT2D eigenvalue weighted by atomic mass is 32.1. The summed E-state index contributed by atoms with van der Waals surface area (Å²) >= 11 is 1.34. The van der Waals surface area contributed by atoms with E-state index in [0.717, 1.165) is 25.8 Å². The zero-order chi connectivity index (χ0) is 16.8. The van der Waals surface area contributed by atoms with Crippen LogP contribution in [0.4, 0.5) is 5.13 Å². The van der Waals surface area contributed by atoms with E-state index in [0.29, 0.717) is 23.5 Å². The van der Waals surface area contributed by atoms with E-state index in [1.54, 1.807) is 12.3 Å². The normalized spacial score (nSPS) is 18.9. The molecular formula is C16H25N3O3S. The van der Waals surface area contributed by atoms with Gasteiger partial charge in [-0.2, -0.15) is 0 Å². The summed E-state index contributed by atoms with van der Waals surface area (Å²) in [6.07, 6.45) is 3.24. The molecule has 23 heavy (non-hydrogen) atoms. The molecule has 0 saturated carbocycles. The Kier molecular flexibility index (Phi) is 6.53. The van der Waals surface area contributed by atoms with Gasteiger partial charge in [0.25, 0.3) is 0 Å². The second-order valence-electron chi connectivity index (χ2n) is 5.96. The third-order valence-corrected chi connectivity index (χ3v) is 4.73. The van der Waals surface area contributed by atoms with Gasteiger partial charge in [-0.25, -0.2) is 4.98 Å². The van der Waals surface area contributed by atoms with Crippen molar-refractivity contribution >= 4 is 28.3 Å². The van der Waals surface area contributed by atoms with Gasteiger partial charge in [-0.3, -0.25) is 14.5 Å². The Labute approximate surface area is 141 Å². The van der Waals surface area contributed by atoms with Crippen LogP contribution < -0.4 is 5.32 Å². The fourth-order valence-electron chi connectivity index (χ4n) is 2.85. The van der Waals surface area contributed by atoms with Crippen molar-refractivity contribution in [2.75, 3.05) is 18.5 Å². The number of rotatable bonds is 6. The summed E-state index contributed by atoms with van der Waals surface area (Å²) in [6.45, 7) is 7.33. The lowest BCUT2D eigenvalue weighted by molar-refractivity contribution is -0.142. The summed E-state index contributed by atoms with van der Waals surface area (Å²) in [6, 6.07) is 0.253. The molecule has 0 radical (unpaired) electrons. The van der Waals surface area contributed by atoms with Gasteiger partial charge in [0.2, 0.25) is 5.91 Å². The summed E-state index contributed by atoms with van der Waals surface area (Å²) in [5, 5.41) is 5.23. The summed E-state index contributed by atoms with van der Waals surface area (Å²) in [4.78, 5) is 30.5. The largest absolute Gasteiger partial charge is 0.466 e. The maximum atomic E-state index is 12.5. The predicted octanol–water partition coefficient (Wildman–Crippen LogP) is 2.45. The molecule has 0 bridgehead atoms. The van der Waals surface area contributed by atoms with E-state index in [1.165, 1.54) is 11.3 Å². The molecule has 1 aliphatic rings. The number of carbonyl (C=O) groups excluding carboxylic acids is 2. The summed E-state index contributed by atoms with van der Waals surface area (Å²) < 4.78 is 4.90. The van der Waals surface area contributed by atoms with Crippen LogP contribution >= 0.6 is 11.3 Å². The van der Waals surface area contributed by atoms with Crippen molar-refractivity contribution in [2.45, 2.75) is 58.5 Å². The fraction of sp³-hybridized carbons (Fsp3) is 0.688. The Balaban J connectivity index is 1.94. The molecule has 128 valence electrons. The van der Waals surface area contributed by atoms with Gasteiger partial charge in [-0.1, -0.05) is 6.42 Å². The number of anilines is 1. The van der Waals surface area contributed by atoms with Crippen LogP contribution in [0.2, 0.25) is 0 Å². The van der Waals surface area contributed by atoms with Crippen molar-refractivity contribution in [1.29, 1.82) is 0 Å². The standard InChI is InChI=1S/C16H25N3O3S/c1-4-22-14(20)9-12-10-23-16(17-12)18-15(21)13-7-5-6-8-19(13)11(2)3/h10-11,13H,4-9H2,1-3H3,(H,17,18,21). The second-order valence-corrected chi connectivity index (χ2v) is 6.82. The van der Waals surface area contributed by atoms with E-state index in [2.05, 4.69) is 29.0 Å². The SMILES string of the molecule is CCOC(=O)Cc1csc(NC(=O)C2CCCCN2C(C)C)n1. The van der Waals surface area contributed by atoms with Crippen molar-refractivity contribution in [2.24, 2.45) is 0 Å². The molecule has 1 fully saturated rings. The molecule has 6 nitrogen and oxygen atoms in total. The van der Waals surface area contributed by atoms with Crippen LogP contribution in [0.3, 0.4) is 0 Å². The number of hydrogen-bond donors (Lipinski definition) is 1. The van der Waals surface area contributed by atoms with E-state index in [1.807, 2.05) is 0 Å². The molecule has 1 saturated heterocycles. The zero-order valence-corrected chi connectivity index (χ0v) is 14.8. The number of nitrogens with zero attached hydrogens (tertiary/aromatic N) is 2. The Morgan fingerprint density at radius 2 is 2.26 bits per heavy atom. The topological polar surface area (TPSA) is 71.5 Å². The number of amides is 1. The van der Waals surface area contributed by atoms with Crippen molar-refractivity contribution in [3.63, 3.8) is 0 Å². The summed E-state index contributed by atoms with van der Waals surface area (Å²) in [5.41, 5.74) is 0.633. The number of aromatic nitrogens is 1. The molecule has 0 aromatic carbocycles. The highest BCUT2D eigenvalue weighted by Gasteiger charge is 2.30. The average Bonchev–Trinajstić information content (AvgIpc) is 2.94. The third kappa shape index (κ3) is 5.00. The lowest BCUT2D eigenvalue weighted by Gasteiger charge is -2.37. The van der Waals surface area contributed by atoms with Crippen LogP contribution in [0, 0.1) is 0 Å². The Hall–Kier alpha value is -1.47. The Morgan fingerprint density at radius 3 is 2.96 bits per heavy atom. The van der Waals surface area contributed by atoms with Gasteiger partial charge in [0.15, 0.2) is 5.13 Å². The van der Waals surface area contributed by atoms with Gasteiger partial charge in [-0.05, 0) is 40.2 Å². The highest BCUT2D eigenvalue weighted by Crippen LogP contribution is 2.22. The van der Waals surface area contributed by atoms with E-state index in [4.69, 9.17) is 4.74 Å². The van der Waals surface area contributed by atoms with E-state index < -0.39 is 0 Å². The van der Waals surface area contributed by atoms with Crippen molar-refractivity contribution in [3.05, 3.63) is 11.1 Å². The molecule has 1 aromatic heterocycles. The van der Waals surface area contributed by atoms with Crippen LogP contribution in [-0.2, 0) is 20.7 Å². The van der Waals surface area contributed by atoms with Crippen molar-refractivity contribution < 1.29 is 14.3 Å². The number of likely N-dealkylation sites (tertiary alicyclic amines) is 1. The maximum absolute atomic E-state index is 12.5. The number of ether oxygens (including phenoxy) is 1. The molecule has 7 heteroatoms. The lowest BCUT2D eigenvalue weighted by Crippen LogP contribution is -2.50. The number of nitrogens with one attached hydrogen (secondary N) is 1. The van der Waals surface area contributed by atoms with Crippen LogP contribution in [0.1, 0.15) is 45.7 Å². The van der Waals surface area contributed by atoms with E-state index >= 15 is 0 Å². The molecule has 0 aliphatic carbocycles. The smallest absolute Gasteiger partial charge is 0.311 e. The highest BCUT2D eigenvalue weighted by molar-refractivity contribution is 7.13. The average molecular weight is 339 g/mol. The van der Waals surface area contributed by atoms with Gasteiger partial charge in [0.05, 0.1) is 24.8 Å². The molecule has 1 aliphatic heterocycles. The Morgan fingerprint density at radius 1 is 1.48 bits per heavy atom. The first kappa shape index (κ1) is 17.9. The molecule has 1 N–H and O–H groups in total. The quantitative estimate of drug-likeness (QED) is 0.806. The predicted molar refractivity (Wildman–Crippen MR) is 90.6 cm³/mol. The van der Waals surface area contributed by atoms with Crippen molar-refractivity contribution in [1.82, 2.24) is 9.88 Å². The number of thiazole rings is 1. The molecule has 1 atom stereocenters. The van der Waals surface area contributed by atoms with Gasteiger partial charge in [0.1, 0.15) is 0 Å².